The van der Waals surface area contributed by atoms with Gasteiger partial charge in [-0.3, -0.25) is 19.9 Å². The number of hydrogen-bond donors (Lipinski definition) is 0. The number of benzene rings is 2. The van der Waals surface area contributed by atoms with E-state index in [1.54, 1.807) is 17.0 Å². The van der Waals surface area contributed by atoms with Crippen LogP contribution in [-0.4, -0.2) is 32.8 Å². The summed E-state index contributed by atoms with van der Waals surface area (Å²) in [5, 5.41) is 11.4. The third kappa shape index (κ3) is 3.20. The maximum Gasteiger partial charge on any atom is 0.269 e. The molecule has 2 aliphatic rings. The maximum atomic E-state index is 13.0. The normalized spacial score (nSPS) is 17.9. The number of nitro groups is 1. The SMILES string of the molecule is CC(C)C1N=C2c3ccccc3N=C(SCc3ccc([N+](=O)[O-])cc3)N2C1=O. The van der Waals surface area contributed by atoms with Crippen molar-refractivity contribution in [1.82, 2.24) is 4.90 Å². The quantitative estimate of drug-likeness (QED) is 0.576. The Hall–Kier alpha value is -3.00. The van der Waals surface area contributed by atoms with Crippen LogP contribution < -0.4 is 0 Å². The summed E-state index contributed by atoms with van der Waals surface area (Å²) in [4.78, 5) is 34.4. The fourth-order valence-electron chi connectivity index (χ4n) is 3.16. The summed E-state index contributed by atoms with van der Waals surface area (Å²) < 4.78 is 0. The van der Waals surface area contributed by atoms with Crippen molar-refractivity contribution in [1.29, 1.82) is 0 Å². The molecule has 28 heavy (non-hydrogen) atoms. The van der Waals surface area contributed by atoms with E-state index in [-0.39, 0.29) is 17.5 Å². The Kier molecular flexibility index (Phi) is 4.72. The Balaban J connectivity index is 1.63. The first-order chi connectivity index (χ1) is 13.5. The fraction of sp³-hybridized carbons (Fsp3) is 0.250. The second-order valence-corrected chi connectivity index (χ2v) is 7.88. The number of nitro benzene ring substituents is 1. The number of fused-ring (bicyclic) bond motifs is 3. The highest BCUT2D eigenvalue weighted by Gasteiger charge is 2.42. The molecule has 1 amide bonds. The van der Waals surface area contributed by atoms with Gasteiger partial charge in [-0.15, -0.1) is 0 Å². The van der Waals surface area contributed by atoms with Gasteiger partial charge in [-0.2, -0.15) is 0 Å². The summed E-state index contributed by atoms with van der Waals surface area (Å²) in [7, 11) is 0. The molecule has 0 saturated heterocycles. The van der Waals surface area contributed by atoms with E-state index in [1.165, 1.54) is 23.9 Å². The Bertz CT molecular complexity index is 1010. The zero-order valence-electron chi connectivity index (χ0n) is 15.4. The number of rotatable bonds is 4. The minimum Gasteiger partial charge on any atom is -0.271 e. The molecule has 2 aliphatic heterocycles. The van der Waals surface area contributed by atoms with Gasteiger partial charge in [0.2, 0.25) is 0 Å². The van der Waals surface area contributed by atoms with Crippen LogP contribution in [0.2, 0.25) is 0 Å². The van der Waals surface area contributed by atoms with Crippen LogP contribution >= 0.6 is 11.8 Å². The van der Waals surface area contributed by atoms with Gasteiger partial charge in [-0.25, -0.2) is 9.89 Å². The first kappa shape index (κ1) is 18.4. The molecule has 1 atom stereocenters. The average molecular weight is 394 g/mol. The molecule has 142 valence electrons. The van der Waals surface area contributed by atoms with Crippen LogP contribution in [0.1, 0.15) is 25.0 Å². The predicted molar refractivity (Wildman–Crippen MR) is 110 cm³/mol. The standard InChI is InChI=1S/C20H18N4O3S/c1-12(2)17-19(25)23-18(22-17)15-5-3-4-6-16(15)21-20(23)28-11-13-7-9-14(10-8-13)24(26)27/h3-10,12,17H,11H2,1-2H3. The van der Waals surface area contributed by atoms with E-state index >= 15 is 0 Å². The number of para-hydroxylation sites is 1. The molecular formula is C20H18N4O3S. The second-order valence-electron chi connectivity index (χ2n) is 6.94. The number of amides is 1. The number of aliphatic imine (C=N–C) groups is 2. The number of thioether (sulfide) groups is 1. The van der Waals surface area contributed by atoms with Gasteiger partial charge in [-0.1, -0.05) is 49.9 Å². The molecule has 2 aromatic rings. The largest absolute Gasteiger partial charge is 0.271 e. The van der Waals surface area contributed by atoms with Crippen molar-refractivity contribution in [3.63, 3.8) is 0 Å². The van der Waals surface area contributed by atoms with Crippen LogP contribution in [0.15, 0.2) is 58.5 Å². The molecule has 2 heterocycles. The molecule has 0 bridgehead atoms. The van der Waals surface area contributed by atoms with E-state index in [2.05, 4.69) is 4.99 Å². The summed E-state index contributed by atoms with van der Waals surface area (Å²) in [5.41, 5.74) is 2.63. The number of carbonyl (C=O) groups is 1. The van der Waals surface area contributed by atoms with Gasteiger partial charge >= 0.3 is 0 Å². The summed E-state index contributed by atoms with van der Waals surface area (Å²) in [5.74, 6) is 1.23. The molecule has 4 rings (SSSR count). The molecule has 0 radical (unpaired) electrons. The van der Waals surface area contributed by atoms with Gasteiger partial charge < -0.3 is 0 Å². The van der Waals surface area contributed by atoms with Crippen molar-refractivity contribution in [3.05, 3.63) is 69.8 Å². The smallest absolute Gasteiger partial charge is 0.269 e. The highest BCUT2D eigenvalue weighted by Crippen LogP contribution is 2.35. The summed E-state index contributed by atoms with van der Waals surface area (Å²) in [6, 6.07) is 13.7. The third-order valence-corrected chi connectivity index (χ3v) is 5.66. The van der Waals surface area contributed by atoms with Gasteiger partial charge in [0.25, 0.3) is 11.6 Å². The van der Waals surface area contributed by atoms with Crippen molar-refractivity contribution < 1.29 is 9.72 Å². The van der Waals surface area contributed by atoms with Crippen LogP contribution in [0.25, 0.3) is 0 Å². The van der Waals surface area contributed by atoms with Gasteiger partial charge in [-0.05, 0) is 23.6 Å². The summed E-state index contributed by atoms with van der Waals surface area (Å²) in [6.07, 6.45) is 0. The zero-order chi connectivity index (χ0) is 19.8. The minimum absolute atomic E-state index is 0.0570. The number of amidine groups is 2. The Morgan fingerprint density at radius 1 is 1.18 bits per heavy atom. The summed E-state index contributed by atoms with van der Waals surface area (Å²) in [6.45, 7) is 3.97. The lowest BCUT2D eigenvalue weighted by Crippen LogP contribution is -2.41. The Labute approximate surface area is 166 Å². The first-order valence-electron chi connectivity index (χ1n) is 8.91. The minimum atomic E-state index is -0.420. The van der Waals surface area contributed by atoms with Crippen molar-refractivity contribution in [2.24, 2.45) is 15.9 Å². The van der Waals surface area contributed by atoms with Crippen molar-refractivity contribution in [2.45, 2.75) is 25.6 Å². The van der Waals surface area contributed by atoms with Gasteiger partial charge in [0.15, 0.2) is 5.17 Å². The molecule has 0 saturated carbocycles. The van der Waals surface area contributed by atoms with Gasteiger partial charge in [0.1, 0.15) is 11.9 Å². The monoisotopic (exact) mass is 394 g/mol. The van der Waals surface area contributed by atoms with Crippen LogP contribution in [0.5, 0.6) is 0 Å². The number of nitrogens with zero attached hydrogens (tertiary/aromatic N) is 4. The van der Waals surface area contributed by atoms with Crippen LogP contribution in [0.4, 0.5) is 11.4 Å². The van der Waals surface area contributed by atoms with Crippen molar-refractivity contribution in [3.8, 4) is 0 Å². The molecule has 0 N–H and O–H groups in total. The van der Waals surface area contributed by atoms with Crippen LogP contribution in [-0.2, 0) is 10.5 Å². The van der Waals surface area contributed by atoms with E-state index in [9.17, 15) is 14.9 Å². The van der Waals surface area contributed by atoms with Gasteiger partial charge in [0, 0.05) is 23.4 Å². The lowest BCUT2D eigenvalue weighted by atomic mass is 10.1. The second kappa shape index (κ2) is 7.20. The molecule has 7 nitrogen and oxygen atoms in total. The number of non-ortho nitro benzene ring substituents is 1. The molecule has 2 aromatic carbocycles. The van der Waals surface area contributed by atoms with E-state index in [0.29, 0.717) is 16.8 Å². The molecule has 1 unspecified atom stereocenters. The van der Waals surface area contributed by atoms with Crippen LogP contribution in [0, 0.1) is 16.0 Å². The molecule has 0 spiro atoms. The summed E-state index contributed by atoms with van der Waals surface area (Å²) >= 11 is 1.43. The van der Waals surface area contributed by atoms with E-state index in [0.717, 1.165) is 16.8 Å². The molecular weight excluding hydrogens is 376 g/mol. The van der Waals surface area contributed by atoms with Crippen molar-refractivity contribution in [2.75, 3.05) is 0 Å². The Morgan fingerprint density at radius 3 is 2.57 bits per heavy atom. The van der Waals surface area contributed by atoms with Gasteiger partial charge in [0.05, 0.1) is 10.6 Å². The maximum absolute atomic E-state index is 13.0. The molecule has 8 heteroatoms. The Morgan fingerprint density at radius 2 is 1.89 bits per heavy atom. The van der Waals surface area contributed by atoms with E-state index in [4.69, 9.17) is 4.99 Å². The molecule has 0 fully saturated rings. The number of hydrogen-bond acceptors (Lipinski definition) is 6. The lowest BCUT2D eigenvalue weighted by Gasteiger charge is -2.25. The average Bonchev–Trinajstić information content (AvgIpc) is 3.04. The first-order valence-corrected chi connectivity index (χ1v) is 9.90. The fourth-order valence-corrected chi connectivity index (χ4v) is 4.12. The zero-order valence-corrected chi connectivity index (χ0v) is 16.2. The molecule has 0 aromatic heterocycles. The van der Waals surface area contributed by atoms with Crippen LogP contribution in [0.3, 0.4) is 0 Å². The topological polar surface area (TPSA) is 88.2 Å². The highest BCUT2D eigenvalue weighted by atomic mass is 32.2. The van der Waals surface area contributed by atoms with E-state index in [1.807, 2.05) is 38.1 Å². The lowest BCUT2D eigenvalue weighted by molar-refractivity contribution is -0.384. The molecule has 0 aliphatic carbocycles. The van der Waals surface area contributed by atoms with Crippen molar-refractivity contribution >= 4 is 40.0 Å². The highest BCUT2D eigenvalue weighted by molar-refractivity contribution is 8.13. The number of carbonyl (C=O) groups excluding carboxylic acids is 1. The predicted octanol–water partition coefficient (Wildman–Crippen LogP) is 4.14. The third-order valence-electron chi connectivity index (χ3n) is 4.65. The van der Waals surface area contributed by atoms with E-state index < -0.39 is 11.0 Å².